The summed E-state index contributed by atoms with van der Waals surface area (Å²) < 4.78 is 5.38. The second-order valence-corrected chi connectivity index (χ2v) is 4.47. The topological polar surface area (TPSA) is 84.7 Å². The van der Waals surface area contributed by atoms with Gasteiger partial charge in [0.25, 0.3) is 0 Å². The second-order valence-electron chi connectivity index (χ2n) is 4.47. The number of rotatable bonds is 8. The van der Waals surface area contributed by atoms with Gasteiger partial charge in [0.15, 0.2) is 0 Å². The number of likely N-dealkylation sites (N-methyl/N-ethyl adjacent to an activating group) is 1. The number of benzene rings is 1. The normalized spacial score (nSPS) is 9.81. The fraction of sp³-hybridized carbons (Fsp3) is 0.333. The number of carbonyl (C=O) groups excluding carboxylic acids is 2. The maximum atomic E-state index is 11.8. The molecule has 0 fully saturated rings. The zero-order valence-electron chi connectivity index (χ0n) is 12.2. The summed E-state index contributed by atoms with van der Waals surface area (Å²) >= 11 is 0. The van der Waals surface area contributed by atoms with E-state index in [1.807, 2.05) is 24.3 Å². The Morgan fingerprint density at radius 1 is 1.38 bits per heavy atom. The zero-order valence-corrected chi connectivity index (χ0v) is 12.2. The highest BCUT2D eigenvalue weighted by molar-refractivity contribution is 5.85. The smallest absolute Gasteiger partial charge is 0.242 e. The third kappa shape index (κ3) is 6.09. The Morgan fingerprint density at radius 2 is 2.05 bits per heavy atom. The second kappa shape index (κ2) is 8.76. The molecule has 0 aliphatic carbocycles. The SMILES string of the molecule is C=CCOc1ccc(CN(C)C(=O)CNC(=O)CN)cc1. The zero-order chi connectivity index (χ0) is 15.7. The fourth-order valence-electron chi connectivity index (χ4n) is 1.59. The van der Waals surface area contributed by atoms with Crippen LogP contribution in [0.2, 0.25) is 0 Å². The minimum Gasteiger partial charge on any atom is -0.490 e. The Hall–Kier alpha value is -2.34. The summed E-state index contributed by atoms with van der Waals surface area (Å²) in [6, 6.07) is 7.46. The third-order valence-corrected chi connectivity index (χ3v) is 2.76. The van der Waals surface area contributed by atoms with Gasteiger partial charge in [-0.15, -0.1) is 0 Å². The highest BCUT2D eigenvalue weighted by atomic mass is 16.5. The Bertz CT molecular complexity index is 485. The van der Waals surface area contributed by atoms with Gasteiger partial charge in [0.2, 0.25) is 11.8 Å². The van der Waals surface area contributed by atoms with Gasteiger partial charge in [-0.25, -0.2) is 0 Å². The summed E-state index contributed by atoms with van der Waals surface area (Å²) in [6.07, 6.45) is 1.68. The average molecular weight is 291 g/mol. The van der Waals surface area contributed by atoms with E-state index in [1.165, 1.54) is 4.90 Å². The monoisotopic (exact) mass is 291 g/mol. The first-order chi connectivity index (χ1) is 10.1. The van der Waals surface area contributed by atoms with Gasteiger partial charge in [0.1, 0.15) is 12.4 Å². The quantitative estimate of drug-likeness (QED) is 0.674. The number of nitrogens with zero attached hydrogens (tertiary/aromatic N) is 1. The molecule has 0 radical (unpaired) electrons. The van der Waals surface area contributed by atoms with E-state index >= 15 is 0 Å². The standard InChI is InChI=1S/C15H21N3O3/c1-3-8-21-13-6-4-12(5-7-13)11-18(2)15(20)10-17-14(19)9-16/h3-7H,1,8-11,16H2,2H3,(H,17,19). The summed E-state index contributed by atoms with van der Waals surface area (Å²) in [5, 5.41) is 2.45. The number of ether oxygens (including phenoxy) is 1. The minimum atomic E-state index is -0.347. The van der Waals surface area contributed by atoms with E-state index in [-0.39, 0.29) is 24.9 Å². The first-order valence-electron chi connectivity index (χ1n) is 6.60. The van der Waals surface area contributed by atoms with E-state index in [9.17, 15) is 9.59 Å². The highest BCUT2D eigenvalue weighted by Gasteiger charge is 2.10. The van der Waals surface area contributed by atoms with Crippen molar-refractivity contribution < 1.29 is 14.3 Å². The summed E-state index contributed by atoms with van der Waals surface area (Å²) in [7, 11) is 1.68. The van der Waals surface area contributed by atoms with Gasteiger partial charge in [0.05, 0.1) is 13.1 Å². The molecule has 0 saturated heterocycles. The van der Waals surface area contributed by atoms with Crippen molar-refractivity contribution in [3.63, 3.8) is 0 Å². The van der Waals surface area contributed by atoms with E-state index in [1.54, 1.807) is 13.1 Å². The van der Waals surface area contributed by atoms with Crippen molar-refractivity contribution in [3.05, 3.63) is 42.5 Å². The Kier molecular flexibility index (Phi) is 6.97. The number of nitrogens with two attached hydrogens (primary N) is 1. The summed E-state index contributed by atoms with van der Waals surface area (Å²) in [4.78, 5) is 24.3. The minimum absolute atomic E-state index is 0.0485. The lowest BCUT2D eigenvalue weighted by atomic mass is 10.2. The molecule has 0 spiro atoms. The lowest BCUT2D eigenvalue weighted by molar-refractivity contribution is -0.131. The molecule has 3 N–H and O–H groups in total. The van der Waals surface area contributed by atoms with Crippen molar-refractivity contribution in [1.82, 2.24) is 10.2 Å². The molecule has 1 aromatic rings. The first-order valence-corrected chi connectivity index (χ1v) is 6.60. The number of carbonyl (C=O) groups is 2. The van der Waals surface area contributed by atoms with Gasteiger partial charge in [-0.1, -0.05) is 24.8 Å². The van der Waals surface area contributed by atoms with Gasteiger partial charge in [-0.05, 0) is 17.7 Å². The van der Waals surface area contributed by atoms with Gasteiger partial charge in [0, 0.05) is 13.6 Å². The first kappa shape index (κ1) is 16.7. The predicted octanol–water partition coefficient (Wildman–Crippen LogP) is 0.285. The molecule has 0 bridgehead atoms. The molecule has 6 heteroatoms. The van der Waals surface area contributed by atoms with E-state index in [0.29, 0.717) is 13.2 Å². The highest BCUT2D eigenvalue weighted by Crippen LogP contribution is 2.13. The molecule has 0 atom stereocenters. The summed E-state index contributed by atoms with van der Waals surface area (Å²) in [6.45, 7) is 4.33. The van der Waals surface area contributed by atoms with Crippen molar-refractivity contribution in [3.8, 4) is 5.75 Å². The predicted molar refractivity (Wildman–Crippen MR) is 80.7 cm³/mol. The van der Waals surface area contributed by atoms with Gasteiger partial charge < -0.3 is 20.7 Å². The van der Waals surface area contributed by atoms with Gasteiger partial charge >= 0.3 is 0 Å². The molecule has 0 saturated carbocycles. The van der Waals surface area contributed by atoms with Crippen LogP contribution in [0, 0.1) is 0 Å². The van der Waals surface area contributed by atoms with Crippen LogP contribution < -0.4 is 15.8 Å². The van der Waals surface area contributed by atoms with Crippen LogP contribution in [0.1, 0.15) is 5.56 Å². The molecule has 0 aliphatic rings. The van der Waals surface area contributed by atoms with Crippen molar-refractivity contribution in [2.75, 3.05) is 26.7 Å². The molecule has 0 aliphatic heterocycles. The molecular formula is C15H21N3O3. The Balaban J connectivity index is 2.46. The molecule has 6 nitrogen and oxygen atoms in total. The van der Waals surface area contributed by atoms with E-state index < -0.39 is 0 Å². The molecule has 0 aromatic heterocycles. The summed E-state index contributed by atoms with van der Waals surface area (Å²) in [5.74, 6) is 0.229. The van der Waals surface area contributed by atoms with Crippen LogP contribution in [-0.2, 0) is 16.1 Å². The van der Waals surface area contributed by atoms with E-state index in [0.717, 1.165) is 11.3 Å². The molecule has 21 heavy (non-hydrogen) atoms. The Labute approximate surface area is 124 Å². The molecule has 0 unspecified atom stereocenters. The van der Waals surface area contributed by atoms with Crippen molar-refractivity contribution in [2.45, 2.75) is 6.54 Å². The number of hydrogen-bond donors (Lipinski definition) is 2. The van der Waals surface area contributed by atoms with Gasteiger partial charge in [-0.3, -0.25) is 9.59 Å². The maximum absolute atomic E-state index is 11.8. The molecule has 1 rings (SSSR count). The Morgan fingerprint density at radius 3 is 2.62 bits per heavy atom. The van der Waals surface area contributed by atoms with Crippen LogP contribution >= 0.6 is 0 Å². The molecular weight excluding hydrogens is 270 g/mol. The van der Waals surface area contributed by atoms with Crippen LogP contribution in [0.25, 0.3) is 0 Å². The average Bonchev–Trinajstić information content (AvgIpc) is 2.51. The fourth-order valence-corrected chi connectivity index (χ4v) is 1.59. The molecule has 2 amide bonds. The van der Waals surface area contributed by atoms with Crippen LogP contribution in [0.5, 0.6) is 5.75 Å². The molecule has 1 aromatic carbocycles. The number of nitrogens with one attached hydrogen (secondary N) is 1. The lowest BCUT2D eigenvalue weighted by Gasteiger charge is -2.17. The van der Waals surface area contributed by atoms with Crippen LogP contribution in [0.15, 0.2) is 36.9 Å². The van der Waals surface area contributed by atoms with Crippen molar-refractivity contribution in [1.29, 1.82) is 0 Å². The van der Waals surface area contributed by atoms with Crippen LogP contribution in [-0.4, -0.2) is 43.5 Å². The molecule has 0 heterocycles. The molecule has 114 valence electrons. The largest absolute Gasteiger partial charge is 0.490 e. The van der Waals surface area contributed by atoms with Crippen molar-refractivity contribution in [2.24, 2.45) is 5.73 Å². The van der Waals surface area contributed by atoms with Crippen LogP contribution in [0.4, 0.5) is 0 Å². The lowest BCUT2D eigenvalue weighted by Crippen LogP contribution is -2.40. The maximum Gasteiger partial charge on any atom is 0.242 e. The van der Waals surface area contributed by atoms with Crippen LogP contribution in [0.3, 0.4) is 0 Å². The van der Waals surface area contributed by atoms with E-state index in [4.69, 9.17) is 10.5 Å². The van der Waals surface area contributed by atoms with Crippen molar-refractivity contribution >= 4 is 11.8 Å². The van der Waals surface area contributed by atoms with Gasteiger partial charge in [-0.2, -0.15) is 0 Å². The van der Waals surface area contributed by atoms with E-state index in [2.05, 4.69) is 11.9 Å². The number of amides is 2. The third-order valence-electron chi connectivity index (χ3n) is 2.76. The number of hydrogen-bond acceptors (Lipinski definition) is 4. The summed E-state index contributed by atoms with van der Waals surface area (Å²) in [5.41, 5.74) is 6.13.